The number of nitrogens with zero attached hydrogens (tertiary/aromatic N) is 6. The number of ketones is 1. The number of hydrogen-bond acceptors (Lipinski definition) is 9. The van der Waals surface area contributed by atoms with Crippen LogP contribution < -0.4 is 14.5 Å². The number of hydrogen-bond donors (Lipinski definition) is 0. The van der Waals surface area contributed by atoms with Crippen LogP contribution in [-0.2, 0) is 11.3 Å². The molecule has 0 unspecified atom stereocenters. The number of anilines is 2. The Labute approximate surface area is 267 Å². The van der Waals surface area contributed by atoms with Gasteiger partial charge < -0.3 is 19.3 Å². The van der Waals surface area contributed by atoms with Gasteiger partial charge in [-0.2, -0.15) is 10.2 Å². The molecule has 0 N–H and O–H groups in total. The van der Waals surface area contributed by atoms with E-state index in [4.69, 9.17) is 24.7 Å². The molecule has 2 saturated heterocycles. The zero-order valence-electron chi connectivity index (χ0n) is 26.5. The normalized spacial score (nSPS) is 20.5. The van der Waals surface area contributed by atoms with E-state index in [9.17, 15) is 4.79 Å². The monoisotopic (exact) mass is 608 g/mol. The van der Waals surface area contributed by atoms with Gasteiger partial charge in [0.25, 0.3) is 0 Å². The van der Waals surface area contributed by atoms with Gasteiger partial charge in [0.05, 0.1) is 23.3 Å². The van der Waals surface area contributed by atoms with Crippen molar-refractivity contribution in [1.82, 2.24) is 14.9 Å². The van der Waals surface area contributed by atoms with Crippen LogP contribution in [0.4, 0.5) is 11.6 Å². The molecule has 1 aromatic carbocycles. The van der Waals surface area contributed by atoms with E-state index < -0.39 is 0 Å². The molecule has 2 aromatic heterocycles. The van der Waals surface area contributed by atoms with E-state index >= 15 is 0 Å². The summed E-state index contributed by atoms with van der Waals surface area (Å²) in [6, 6.07) is 17.9. The summed E-state index contributed by atoms with van der Waals surface area (Å²) in [5.41, 5.74) is 4.21. The summed E-state index contributed by atoms with van der Waals surface area (Å²) in [7, 11) is 0. The number of carbonyl (C=O) groups excluding carboxylic acids is 1. The zero-order valence-corrected chi connectivity index (χ0v) is 26.5. The fourth-order valence-corrected chi connectivity index (χ4v) is 6.38. The second kappa shape index (κ2) is 13.0. The van der Waals surface area contributed by atoms with Crippen molar-refractivity contribution in [2.75, 3.05) is 49.1 Å². The molecule has 3 aromatic rings. The van der Waals surface area contributed by atoms with Crippen molar-refractivity contribution >= 4 is 17.4 Å². The lowest BCUT2D eigenvalue weighted by Gasteiger charge is -2.45. The van der Waals surface area contributed by atoms with Crippen LogP contribution in [0.15, 0.2) is 61.2 Å². The van der Waals surface area contributed by atoms with Gasteiger partial charge in [-0.15, -0.1) is 0 Å². The maximum Gasteiger partial charge on any atom is 0.215 e. The standard InChI is InChI=1S/C36H42N6O3.H2/c1-5-32(43)31-12-9-25(2)35(38-31)42(22-30-13-18-44-30)36(14-15-36)24-41-17-16-40(21-27(41)4)33-7-6-8-34(39-33)45-23-29-11-10-28(20-37)19-26(29)3;/h5-12,19,27,30H,1,13-18,21-24H2,2-4H3;1H/t27-,30-;/m0./s1. The number of aryl methyl sites for hydroxylation is 2. The highest BCUT2D eigenvalue weighted by atomic mass is 16.5. The van der Waals surface area contributed by atoms with Crippen LogP contribution in [0.2, 0.25) is 0 Å². The summed E-state index contributed by atoms with van der Waals surface area (Å²) in [4.78, 5) is 29.6. The van der Waals surface area contributed by atoms with Gasteiger partial charge in [-0.25, -0.2) is 4.98 Å². The van der Waals surface area contributed by atoms with Crippen LogP contribution in [0.25, 0.3) is 0 Å². The maximum atomic E-state index is 12.5. The quantitative estimate of drug-likeness (QED) is 0.195. The Morgan fingerprint density at radius 1 is 1.20 bits per heavy atom. The lowest BCUT2D eigenvalue weighted by atomic mass is 10.1. The van der Waals surface area contributed by atoms with Crippen LogP contribution >= 0.6 is 0 Å². The van der Waals surface area contributed by atoms with Crippen molar-refractivity contribution in [2.24, 2.45) is 0 Å². The summed E-state index contributed by atoms with van der Waals surface area (Å²) >= 11 is 0. The molecule has 45 heavy (non-hydrogen) atoms. The molecule has 236 valence electrons. The lowest BCUT2D eigenvalue weighted by molar-refractivity contribution is -0.0461. The Morgan fingerprint density at radius 2 is 2.02 bits per heavy atom. The maximum absolute atomic E-state index is 12.5. The van der Waals surface area contributed by atoms with E-state index in [1.54, 1.807) is 6.07 Å². The van der Waals surface area contributed by atoms with Gasteiger partial charge in [-0.1, -0.05) is 24.8 Å². The number of aromatic nitrogens is 2. The molecule has 0 amide bonds. The number of carbonyl (C=O) groups is 1. The Kier molecular flexibility index (Phi) is 8.88. The lowest BCUT2D eigenvalue weighted by Crippen LogP contribution is -2.58. The summed E-state index contributed by atoms with van der Waals surface area (Å²) in [5.74, 6) is 2.25. The number of piperazine rings is 1. The predicted molar refractivity (Wildman–Crippen MR) is 177 cm³/mol. The Bertz CT molecular complexity index is 1620. The predicted octanol–water partition coefficient (Wildman–Crippen LogP) is 5.50. The third-order valence-corrected chi connectivity index (χ3v) is 9.49. The van der Waals surface area contributed by atoms with Crippen molar-refractivity contribution in [3.63, 3.8) is 0 Å². The topological polar surface area (TPSA) is 94.8 Å². The van der Waals surface area contributed by atoms with Crippen LogP contribution in [0.5, 0.6) is 5.88 Å². The highest BCUT2D eigenvalue weighted by molar-refractivity contribution is 6.02. The van der Waals surface area contributed by atoms with E-state index in [2.05, 4.69) is 47.3 Å². The number of ether oxygens (including phenoxy) is 2. The van der Waals surface area contributed by atoms with E-state index in [0.717, 1.165) is 86.9 Å². The SMILES string of the molecule is C=CC(=O)c1ccc(C)c(N(C[C@@H]2CCO2)C2(CN3CCN(c4cccc(OCc5ccc(C#N)cc5C)n4)C[C@@H]3C)CC2)n1.[HH]. The first-order valence-electron chi connectivity index (χ1n) is 15.9. The summed E-state index contributed by atoms with van der Waals surface area (Å²) in [6.07, 6.45) is 4.76. The molecule has 2 aliphatic heterocycles. The van der Waals surface area contributed by atoms with Crippen molar-refractivity contribution in [2.45, 2.75) is 64.3 Å². The molecule has 0 radical (unpaired) electrons. The Hall–Kier alpha value is -4.26. The largest absolute Gasteiger partial charge is 0.473 e. The number of benzene rings is 1. The minimum Gasteiger partial charge on any atom is -0.473 e. The van der Waals surface area contributed by atoms with Crippen LogP contribution in [0, 0.1) is 25.2 Å². The molecule has 0 spiro atoms. The summed E-state index contributed by atoms with van der Waals surface area (Å²) < 4.78 is 12.0. The van der Waals surface area contributed by atoms with Gasteiger partial charge in [0.15, 0.2) is 0 Å². The molecule has 3 aliphatic rings. The first kappa shape index (κ1) is 30.8. The second-order valence-corrected chi connectivity index (χ2v) is 12.7. The molecular formula is C36H44N6O3. The van der Waals surface area contributed by atoms with Crippen molar-refractivity contribution in [3.8, 4) is 11.9 Å². The molecule has 0 bridgehead atoms. The minimum atomic E-state index is -0.155. The molecule has 6 rings (SSSR count). The highest BCUT2D eigenvalue weighted by Crippen LogP contribution is 2.46. The smallest absolute Gasteiger partial charge is 0.215 e. The van der Waals surface area contributed by atoms with Gasteiger partial charge in [-0.05, 0) is 87.1 Å². The van der Waals surface area contributed by atoms with Crippen LogP contribution in [0.1, 0.15) is 60.4 Å². The van der Waals surface area contributed by atoms with Crippen molar-refractivity contribution < 1.29 is 15.7 Å². The molecule has 9 nitrogen and oxygen atoms in total. The Balaban J connectivity index is 0.00000417. The Morgan fingerprint density at radius 3 is 2.69 bits per heavy atom. The summed E-state index contributed by atoms with van der Waals surface area (Å²) in [6.45, 7) is 15.6. The van der Waals surface area contributed by atoms with E-state index in [1.165, 1.54) is 6.08 Å². The third kappa shape index (κ3) is 6.73. The average molecular weight is 609 g/mol. The molecule has 1 aliphatic carbocycles. The van der Waals surface area contributed by atoms with Gasteiger partial charge in [-0.3, -0.25) is 9.69 Å². The van der Waals surface area contributed by atoms with Gasteiger partial charge in [0.2, 0.25) is 11.7 Å². The summed E-state index contributed by atoms with van der Waals surface area (Å²) in [5, 5.41) is 9.15. The molecule has 2 atom stereocenters. The fourth-order valence-electron chi connectivity index (χ4n) is 6.38. The van der Waals surface area contributed by atoms with Gasteiger partial charge >= 0.3 is 0 Å². The van der Waals surface area contributed by atoms with Crippen molar-refractivity contribution in [3.05, 3.63) is 89.1 Å². The molecular weight excluding hydrogens is 564 g/mol. The molecule has 9 heteroatoms. The van der Waals surface area contributed by atoms with Gasteiger partial charge in [0, 0.05) is 52.9 Å². The van der Waals surface area contributed by atoms with Crippen molar-refractivity contribution in [1.29, 1.82) is 5.26 Å². The molecule has 4 heterocycles. The minimum absolute atomic E-state index is 0. The third-order valence-electron chi connectivity index (χ3n) is 9.49. The number of rotatable bonds is 12. The number of nitriles is 1. The van der Waals surface area contributed by atoms with Gasteiger partial charge in [0.1, 0.15) is 23.9 Å². The fraction of sp³-hybridized carbons (Fsp3) is 0.444. The van der Waals surface area contributed by atoms with E-state index in [1.807, 2.05) is 43.3 Å². The molecule has 1 saturated carbocycles. The average Bonchev–Trinajstić information content (AvgIpc) is 3.81. The number of allylic oxidation sites excluding steroid dienone is 1. The van der Waals surface area contributed by atoms with E-state index in [-0.39, 0.29) is 18.9 Å². The second-order valence-electron chi connectivity index (χ2n) is 12.7. The first-order valence-corrected chi connectivity index (χ1v) is 15.9. The van der Waals surface area contributed by atoms with Crippen LogP contribution in [0.3, 0.4) is 0 Å². The van der Waals surface area contributed by atoms with E-state index in [0.29, 0.717) is 29.8 Å². The number of pyridine rings is 2. The first-order chi connectivity index (χ1) is 21.8. The van der Waals surface area contributed by atoms with Crippen LogP contribution in [-0.4, -0.2) is 77.7 Å². The zero-order chi connectivity index (χ0) is 31.6. The highest BCUT2D eigenvalue weighted by Gasteiger charge is 2.51. The molecule has 3 fully saturated rings.